The first-order valence-electron chi connectivity index (χ1n) is 8.93. The SMILES string of the molecule is CC1CCN(Cc2cncc(-c3ccc4ccccc4c3)c2)CC1. The molecule has 2 aromatic carbocycles. The highest BCUT2D eigenvalue weighted by atomic mass is 15.1. The Morgan fingerprint density at radius 2 is 1.71 bits per heavy atom. The van der Waals surface area contributed by atoms with Crippen LogP contribution < -0.4 is 0 Å². The van der Waals surface area contributed by atoms with Crippen LogP contribution in [0.15, 0.2) is 60.9 Å². The zero-order valence-corrected chi connectivity index (χ0v) is 14.3. The van der Waals surface area contributed by atoms with Crippen LogP contribution in [-0.2, 0) is 6.54 Å². The quantitative estimate of drug-likeness (QED) is 0.665. The van der Waals surface area contributed by atoms with Crippen LogP contribution >= 0.6 is 0 Å². The lowest BCUT2D eigenvalue weighted by molar-refractivity contribution is 0.185. The van der Waals surface area contributed by atoms with Gasteiger partial charge in [0.15, 0.2) is 0 Å². The summed E-state index contributed by atoms with van der Waals surface area (Å²) in [5, 5.41) is 2.57. The second-order valence-electron chi connectivity index (χ2n) is 7.10. The maximum Gasteiger partial charge on any atom is 0.0346 e. The minimum atomic E-state index is 0.878. The van der Waals surface area contributed by atoms with E-state index in [1.54, 1.807) is 0 Å². The van der Waals surface area contributed by atoms with Crippen LogP contribution in [0.2, 0.25) is 0 Å². The number of fused-ring (bicyclic) bond motifs is 1. The first-order chi connectivity index (χ1) is 11.8. The maximum absolute atomic E-state index is 4.49. The van der Waals surface area contributed by atoms with Crippen molar-refractivity contribution in [1.82, 2.24) is 9.88 Å². The lowest BCUT2D eigenvalue weighted by Gasteiger charge is -2.30. The smallest absolute Gasteiger partial charge is 0.0346 e. The second-order valence-corrected chi connectivity index (χ2v) is 7.10. The number of rotatable bonds is 3. The number of likely N-dealkylation sites (tertiary alicyclic amines) is 1. The van der Waals surface area contributed by atoms with Crippen molar-refractivity contribution in [3.63, 3.8) is 0 Å². The van der Waals surface area contributed by atoms with Crippen molar-refractivity contribution in [1.29, 1.82) is 0 Å². The number of nitrogens with zero attached hydrogens (tertiary/aromatic N) is 2. The molecule has 2 heterocycles. The zero-order chi connectivity index (χ0) is 16.4. The van der Waals surface area contributed by atoms with Crippen LogP contribution in [0.5, 0.6) is 0 Å². The third-order valence-electron chi connectivity index (χ3n) is 5.16. The van der Waals surface area contributed by atoms with Crippen LogP contribution in [-0.4, -0.2) is 23.0 Å². The Labute approximate surface area is 144 Å². The topological polar surface area (TPSA) is 16.1 Å². The molecule has 1 fully saturated rings. The molecule has 1 aromatic heterocycles. The van der Waals surface area contributed by atoms with Crippen LogP contribution in [0.3, 0.4) is 0 Å². The number of piperidine rings is 1. The van der Waals surface area contributed by atoms with E-state index in [4.69, 9.17) is 0 Å². The molecule has 0 amide bonds. The summed E-state index contributed by atoms with van der Waals surface area (Å²) in [5.74, 6) is 0.878. The molecule has 0 aliphatic carbocycles. The van der Waals surface area contributed by atoms with Gasteiger partial charge in [0.05, 0.1) is 0 Å². The predicted molar refractivity (Wildman–Crippen MR) is 101 cm³/mol. The van der Waals surface area contributed by atoms with E-state index in [2.05, 4.69) is 65.3 Å². The monoisotopic (exact) mass is 316 g/mol. The minimum absolute atomic E-state index is 0.878. The van der Waals surface area contributed by atoms with Gasteiger partial charge in [-0.05, 0) is 65.9 Å². The molecule has 1 aliphatic rings. The molecule has 1 saturated heterocycles. The van der Waals surface area contributed by atoms with Crippen molar-refractivity contribution in [2.24, 2.45) is 5.92 Å². The summed E-state index contributed by atoms with van der Waals surface area (Å²) in [6, 6.07) is 17.5. The van der Waals surface area contributed by atoms with E-state index in [0.717, 1.165) is 12.5 Å². The van der Waals surface area contributed by atoms with Gasteiger partial charge >= 0.3 is 0 Å². The van der Waals surface area contributed by atoms with Crippen LogP contribution in [0.4, 0.5) is 0 Å². The Kier molecular flexibility index (Phi) is 4.31. The third kappa shape index (κ3) is 3.34. The van der Waals surface area contributed by atoms with Gasteiger partial charge in [-0.25, -0.2) is 0 Å². The van der Waals surface area contributed by atoms with Gasteiger partial charge in [0.1, 0.15) is 0 Å². The molecule has 24 heavy (non-hydrogen) atoms. The largest absolute Gasteiger partial charge is 0.299 e. The number of pyridine rings is 1. The fraction of sp³-hybridized carbons (Fsp3) is 0.318. The van der Waals surface area contributed by atoms with Gasteiger partial charge in [0.2, 0.25) is 0 Å². The van der Waals surface area contributed by atoms with Gasteiger partial charge in [-0.2, -0.15) is 0 Å². The Morgan fingerprint density at radius 3 is 2.54 bits per heavy atom. The molecule has 2 nitrogen and oxygen atoms in total. The molecular formula is C22H24N2. The van der Waals surface area contributed by atoms with E-state index in [0.29, 0.717) is 0 Å². The van der Waals surface area contributed by atoms with Crippen LogP contribution in [0.1, 0.15) is 25.3 Å². The normalized spacial score (nSPS) is 16.5. The fourth-order valence-electron chi connectivity index (χ4n) is 3.58. The summed E-state index contributed by atoms with van der Waals surface area (Å²) >= 11 is 0. The Balaban J connectivity index is 1.57. The summed E-state index contributed by atoms with van der Waals surface area (Å²) in [5.41, 5.74) is 3.77. The maximum atomic E-state index is 4.49. The van der Waals surface area contributed by atoms with Gasteiger partial charge in [0.25, 0.3) is 0 Å². The molecule has 2 heteroatoms. The average Bonchev–Trinajstić information content (AvgIpc) is 2.63. The van der Waals surface area contributed by atoms with Gasteiger partial charge in [-0.15, -0.1) is 0 Å². The predicted octanol–water partition coefficient (Wildman–Crippen LogP) is 5.13. The van der Waals surface area contributed by atoms with Crippen molar-refractivity contribution < 1.29 is 0 Å². The van der Waals surface area contributed by atoms with Gasteiger partial charge in [-0.3, -0.25) is 9.88 Å². The Morgan fingerprint density at radius 1 is 0.917 bits per heavy atom. The van der Waals surface area contributed by atoms with Gasteiger partial charge in [0, 0.05) is 24.5 Å². The zero-order valence-electron chi connectivity index (χ0n) is 14.3. The number of benzene rings is 2. The summed E-state index contributed by atoms with van der Waals surface area (Å²) in [7, 11) is 0. The van der Waals surface area contributed by atoms with E-state index >= 15 is 0 Å². The molecule has 3 aromatic rings. The van der Waals surface area contributed by atoms with E-state index in [1.165, 1.54) is 53.4 Å². The summed E-state index contributed by atoms with van der Waals surface area (Å²) in [4.78, 5) is 7.05. The lowest BCUT2D eigenvalue weighted by atomic mass is 9.98. The second kappa shape index (κ2) is 6.74. The van der Waals surface area contributed by atoms with Crippen LogP contribution in [0.25, 0.3) is 21.9 Å². The molecule has 0 unspecified atom stereocenters. The van der Waals surface area contributed by atoms with Crippen molar-refractivity contribution in [3.8, 4) is 11.1 Å². The Hall–Kier alpha value is -2.19. The summed E-state index contributed by atoms with van der Waals surface area (Å²) < 4.78 is 0. The van der Waals surface area contributed by atoms with Gasteiger partial charge in [-0.1, -0.05) is 43.3 Å². The van der Waals surface area contributed by atoms with Gasteiger partial charge < -0.3 is 0 Å². The highest BCUT2D eigenvalue weighted by molar-refractivity contribution is 5.87. The molecule has 122 valence electrons. The minimum Gasteiger partial charge on any atom is -0.299 e. The molecule has 4 rings (SSSR count). The van der Waals surface area contributed by atoms with Crippen molar-refractivity contribution in [2.45, 2.75) is 26.3 Å². The number of hydrogen-bond donors (Lipinski definition) is 0. The van der Waals surface area contributed by atoms with Crippen molar-refractivity contribution in [2.75, 3.05) is 13.1 Å². The number of hydrogen-bond acceptors (Lipinski definition) is 2. The first kappa shape index (κ1) is 15.3. The number of aromatic nitrogens is 1. The molecular weight excluding hydrogens is 292 g/mol. The van der Waals surface area contributed by atoms with E-state index in [-0.39, 0.29) is 0 Å². The van der Waals surface area contributed by atoms with E-state index in [9.17, 15) is 0 Å². The highest BCUT2D eigenvalue weighted by Gasteiger charge is 2.15. The molecule has 0 N–H and O–H groups in total. The van der Waals surface area contributed by atoms with E-state index in [1.807, 2.05) is 12.4 Å². The average molecular weight is 316 g/mol. The first-order valence-corrected chi connectivity index (χ1v) is 8.93. The molecule has 0 atom stereocenters. The third-order valence-corrected chi connectivity index (χ3v) is 5.16. The molecule has 0 radical (unpaired) electrons. The highest BCUT2D eigenvalue weighted by Crippen LogP contribution is 2.25. The molecule has 0 bridgehead atoms. The summed E-state index contributed by atoms with van der Waals surface area (Å²) in [6.45, 7) is 5.79. The summed E-state index contributed by atoms with van der Waals surface area (Å²) in [6.07, 6.45) is 6.63. The fourth-order valence-corrected chi connectivity index (χ4v) is 3.58. The molecule has 0 saturated carbocycles. The molecule has 0 spiro atoms. The van der Waals surface area contributed by atoms with E-state index < -0.39 is 0 Å². The molecule has 1 aliphatic heterocycles. The Bertz CT molecular complexity index is 832. The van der Waals surface area contributed by atoms with Crippen molar-refractivity contribution in [3.05, 3.63) is 66.5 Å². The van der Waals surface area contributed by atoms with Crippen LogP contribution in [0, 0.1) is 5.92 Å². The van der Waals surface area contributed by atoms with Crippen molar-refractivity contribution >= 4 is 10.8 Å². The lowest BCUT2D eigenvalue weighted by Crippen LogP contribution is -2.32. The standard InChI is InChI=1S/C22H24N2/c1-17-8-10-24(11-9-17)16-18-12-22(15-23-14-18)21-7-6-19-4-2-3-5-20(19)13-21/h2-7,12-15,17H,8-11,16H2,1H3.